The molecule has 0 spiro atoms. The molecule has 1 aromatic carbocycles. The van der Waals surface area contributed by atoms with E-state index in [1.54, 1.807) is 18.2 Å². The summed E-state index contributed by atoms with van der Waals surface area (Å²) in [4.78, 5) is 20.3. The van der Waals surface area contributed by atoms with Gasteiger partial charge in [0, 0.05) is 9.99 Å². The number of carbonyl (C=O) groups is 1. The average molecular weight is 509 g/mol. The summed E-state index contributed by atoms with van der Waals surface area (Å²) >= 11 is 8.50. The molecule has 0 saturated heterocycles. The Bertz CT molecular complexity index is 1010. The minimum Gasteiger partial charge on any atom is -0.477 e. The highest BCUT2D eigenvalue weighted by Gasteiger charge is 2.17. The van der Waals surface area contributed by atoms with E-state index in [9.17, 15) is 9.90 Å². The molecule has 0 aliphatic rings. The van der Waals surface area contributed by atoms with E-state index in [1.807, 2.05) is 31.2 Å². The molecule has 0 fully saturated rings. The molecule has 3 aromatic rings. The van der Waals surface area contributed by atoms with Crippen molar-refractivity contribution in [1.82, 2.24) is 9.97 Å². The smallest absolute Gasteiger partial charge is 0.354 e. The molecule has 0 unspecified atom stereocenters. The lowest BCUT2D eigenvalue weighted by atomic mass is 9.97. The zero-order valence-electron chi connectivity index (χ0n) is 15.2. The number of aromatic nitrogens is 2. The number of carboxylic acid groups (broad SMARTS) is 1. The molecule has 7 heteroatoms. The molecule has 5 nitrogen and oxygen atoms in total. The Kier molecular flexibility index (Phi) is 6.85. The second kappa shape index (κ2) is 9.34. The van der Waals surface area contributed by atoms with Gasteiger partial charge in [-0.15, -0.1) is 0 Å². The van der Waals surface area contributed by atoms with Crippen LogP contribution in [0.3, 0.4) is 0 Å². The van der Waals surface area contributed by atoms with Crippen LogP contribution in [0.2, 0.25) is 5.02 Å². The number of nitrogens with zero attached hydrogens (tertiary/aromatic N) is 2. The largest absolute Gasteiger partial charge is 0.477 e. The molecule has 0 amide bonds. The summed E-state index contributed by atoms with van der Waals surface area (Å²) < 4.78 is 6.66. The van der Waals surface area contributed by atoms with Crippen LogP contribution in [-0.4, -0.2) is 32.1 Å². The maximum Gasteiger partial charge on any atom is 0.354 e. The van der Waals surface area contributed by atoms with Gasteiger partial charge in [0.25, 0.3) is 0 Å². The van der Waals surface area contributed by atoms with Crippen LogP contribution in [0.15, 0.2) is 48.5 Å². The molecule has 0 bridgehead atoms. The first-order valence-electron chi connectivity index (χ1n) is 8.67. The van der Waals surface area contributed by atoms with Crippen LogP contribution in [0.25, 0.3) is 22.5 Å². The number of pyridine rings is 2. The minimum atomic E-state index is -1.09. The van der Waals surface area contributed by atoms with Gasteiger partial charge in [-0.25, -0.2) is 14.8 Å². The van der Waals surface area contributed by atoms with E-state index < -0.39 is 5.97 Å². The standard InChI is InChI=1S/C21H18ClIN2O3/c1-13-5-2-3-6-14(13)15-7-9-18(21(26)27)24-19(15)17-10-8-16(22)20(25-17)28-12-4-11-23/h2-3,5-10H,4,11-12H2,1H3,(H,26,27). The van der Waals surface area contributed by atoms with Crippen molar-refractivity contribution < 1.29 is 14.6 Å². The molecular weight excluding hydrogens is 491 g/mol. The quantitative estimate of drug-likeness (QED) is 0.253. The van der Waals surface area contributed by atoms with Crippen molar-refractivity contribution in [2.45, 2.75) is 13.3 Å². The predicted octanol–water partition coefficient (Wildman–Crippen LogP) is 5.67. The van der Waals surface area contributed by atoms with E-state index in [4.69, 9.17) is 16.3 Å². The van der Waals surface area contributed by atoms with Crippen molar-refractivity contribution in [3.05, 3.63) is 64.8 Å². The Morgan fingerprint density at radius 2 is 1.89 bits per heavy atom. The monoisotopic (exact) mass is 508 g/mol. The van der Waals surface area contributed by atoms with Gasteiger partial charge in [0.15, 0.2) is 0 Å². The van der Waals surface area contributed by atoms with Crippen LogP contribution in [-0.2, 0) is 0 Å². The molecule has 0 aliphatic carbocycles. The summed E-state index contributed by atoms with van der Waals surface area (Å²) in [7, 11) is 0. The normalized spacial score (nSPS) is 10.7. The Labute approximate surface area is 181 Å². The fraction of sp³-hybridized carbons (Fsp3) is 0.190. The maximum atomic E-state index is 11.5. The fourth-order valence-electron chi connectivity index (χ4n) is 2.75. The van der Waals surface area contributed by atoms with Crippen LogP contribution in [0, 0.1) is 6.92 Å². The van der Waals surface area contributed by atoms with E-state index in [1.165, 1.54) is 6.07 Å². The van der Waals surface area contributed by atoms with Crippen LogP contribution < -0.4 is 4.74 Å². The number of ether oxygens (including phenoxy) is 1. The van der Waals surface area contributed by atoms with Crippen molar-refractivity contribution in [3.63, 3.8) is 0 Å². The van der Waals surface area contributed by atoms with Crippen molar-refractivity contribution in [3.8, 4) is 28.4 Å². The lowest BCUT2D eigenvalue weighted by Crippen LogP contribution is -2.05. The molecule has 0 saturated carbocycles. The van der Waals surface area contributed by atoms with E-state index in [-0.39, 0.29) is 5.69 Å². The number of hydrogen-bond donors (Lipinski definition) is 1. The number of hydrogen-bond acceptors (Lipinski definition) is 4. The van der Waals surface area contributed by atoms with E-state index in [0.29, 0.717) is 28.9 Å². The number of carboxylic acids is 1. The van der Waals surface area contributed by atoms with Gasteiger partial charge in [-0.1, -0.05) is 58.5 Å². The summed E-state index contributed by atoms with van der Waals surface area (Å²) in [6.45, 7) is 2.50. The number of benzene rings is 1. The molecule has 1 N–H and O–H groups in total. The summed E-state index contributed by atoms with van der Waals surface area (Å²) in [5, 5.41) is 9.79. The fourth-order valence-corrected chi connectivity index (χ4v) is 3.22. The third-order valence-electron chi connectivity index (χ3n) is 4.12. The number of aromatic carboxylic acids is 1. The van der Waals surface area contributed by atoms with Crippen molar-refractivity contribution in [2.24, 2.45) is 0 Å². The van der Waals surface area contributed by atoms with Crippen LogP contribution in [0.5, 0.6) is 5.88 Å². The Hall–Kier alpha value is -2.19. The molecule has 0 atom stereocenters. The summed E-state index contributed by atoms with van der Waals surface area (Å²) in [6, 6.07) is 14.6. The highest BCUT2D eigenvalue weighted by atomic mass is 127. The summed E-state index contributed by atoms with van der Waals surface area (Å²) in [6.07, 6.45) is 0.879. The molecular formula is C21H18ClIN2O3. The van der Waals surface area contributed by atoms with Crippen molar-refractivity contribution >= 4 is 40.2 Å². The van der Waals surface area contributed by atoms with Crippen LogP contribution in [0.4, 0.5) is 0 Å². The van der Waals surface area contributed by atoms with Crippen LogP contribution >= 0.6 is 34.2 Å². The van der Waals surface area contributed by atoms with E-state index in [0.717, 1.165) is 27.5 Å². The third kappa shape index (κ3) is 4.62. The first-order chi connectivity index (χ1) is 13.5. The number of alkyl halides is 1. The van der Waals surface area contributed by atoms with Crippen LogP contribution in [0.1, 0.15) is 22.5 Å². The highest BCUT2D eigenvalue weighted by molar-refractivity contribution is 14.1. The van der Waals surface area contributed by atoms with Gasteiger partial charge < -0.3 is 9.84 Å². The van der Waals surface area contributed by atoms with E-state index >= 15 is 0 Å². The zero-order valence-corrected chi connectivity index (χ0v) is 18.1. The summed E-state index contributed by atoms with van der Waals surface area (Å²) in [5.74, 6) is -0.771. The maximum absolute atomic E-state index is 11.5. The summed E-state index contributed by atoms with van der Waals surface area (Å²) in [5.41, 5.74) is 3.76. The number of aryl methyl sites for hydroxylation is 1. The second-order valence-electron chi connectivity index (χ2n) is 6.09. The lowest BCUT2D eigenvalue weighted by molar-refractivity contribution is 0.0690. The van der Waals surface area contributed by atoms with Gasteiger partial charge in [-0.2, -0.15) is 0 Å². The Morgan fingerprint density at radius 3 is 2.61 bits per heavy atom. The molecule has 2 heterocycles. The average Bonchev–Trinajstić information content (AvgIpc) is 2.69. The third-order valence-corrected chi connectivity index (χ3v) is 5.17. The molecule has 28 heavy (non-hydrogen) atoms. The molecule has 144 valence electrons. The first-order valence-corrected chi connectivity index (χ1v) is 10.6. The van der Waals surface area contributed by atoms with Crippen molar-refractivity contribution in [2.75, 3.05) is 11.0 Å². The van der Waals surface area contributed by atoms with Gasteiger partial charge in [0.2, 0.25) is 5.88 Å². The molecule has 0 radical (unpaired) electrons. The zero-order chi connectivity index (χ0) is 20.1. The lowest BCUT2D eigenvalue weighted by Gasteiger charge is -2.13. The Balaban J connectivity index is 2.14. The minimum absolute atomic E-state index is 0.0449. The van der Waals surface area contributed by atoms with Gasteiger partial charge in [-0.05, 0) is 48.7 Å². The topological polar surface area (TPSA) is 72.3 Å². The van der Waals surface area contributed by atoms with E-state index in [2.05, 4.69) is 32.6 Å². The van der Waals surface area contributed by atoms with Gasteiger partial charge in [0.05, 0.1) is 18.0 Å². The van der Waals surface area contributed by atoms with Gasteiger partial charge in [-0.3, -0.25) is 0 Å². The van der Waals surface area contributed by atoms with Gasteiger partial charge >= 0.3 is 5.97 Å². The van der Waals surface area contributed by atoms with Gasteiger partial charge in [0.1, 0.15) is 10.7 Å². The second-order valence-corrected chi connectivity index (χ2v) is 7.57. The first kappa shape index (κ1) is 20.5. The predicted molar refractivity (Wildman–Crippen MR) is 119 cm³/mol. The Morgan fingerprint density at radius 1 is 1.11 bits per heavy atom. The SMILES string of the molecule is Cc1ccccc1-c1ccc(C(=O)O)nc1-c1ccc(Cl)c(OCCCI)n1. The van der Waals surface area contributed by atoms with Crippen molar-refractivity contribution in [1.29, 1.82) is 0 Å². The molecule has 0 aliphatic heterocycles. The number of halogens is 2. The molecule has 3 rings (SSSR count). The highest BCUT2D eigenvalue weighted by Crippen LogP contribution is 2.34. The number of rotatable bonds is 7. The molecule has 2 aromatic heterocycles.